The van der Waals surface area contributed by atoms with E-state index in [1.807, 2.05) is 24.3 Å². The predicted octanol–water partition coefficient (Wildman–Crippen LogP) is 11.8. The highest BCUT2D eigenvalue weighted by molar-refractivity contribution is 5.98. The van der Waals surface area contributed by atoms with E-state index in [1.165, 1.54) is 24.3 Å². The van der Waals surface area contributed by atoms with Crippen molar-refractivity contribution < 1.29 is 43.9 Å². The molecule has 0 spiro atoms. The molecule has 4 nitrogen and oxygen atoms in total. The first-order valence-corrected chi connectivity index (χ1v) is 16.8. The van der Waals surface area contributed by atoms with Gasteiger partial charge in [0.15, 0.2) is 46.5 Å². The fraction of sp³-hybridized carbons (Fsp3) is 0.0476. The Hall–Kier alpha value is -6.70. The number of halogens is 10. The third-order valence-corrected chi connectivity index (χ3v) is 9.92. The average molecular weight is 771 g/mol. The molecule has 0 unspecified atom stereocenters. The molecule has 14 heteroatoms. The molecule has 56 heavy (non-hydrogen) atoms. The Labute approximate surface area is 308 Å². The molecule has 0 saturated heterocycles. The second-order valence-corrected chi connectivity index (χ2v) is 13.1. The molecule has 0 radical (unpaired) electrons. The maximum absolute atomic E-state index is 15.7. The molecule has 278 valence electrons. The molecular formula is C42H20F10N4. The zero-order valence-corrected chi connectivity index (χ0v) is 28.1. The number of benzene rings is 2. The molecule has 5 heterocycles. The largest absolute Gasteiger partial charge is 0.355 e. The molecule has 2 aromatic carbocycles. The molecular weight excluding hydrogens is 750 g/mol. The van der Waals surface area contributed by atoms with Gasteiger partial charge in [0.05, 0.1) is 33.9 Å². The number of nitrogens with zero attached hydrogens (tertiary/aromatic N) is 2. The summed E-state index contributed by atoms with van der Waals surface area (Å²) in [6, 6.07) is 5.05. The summed E-state index contributed by atoms with van der Waals surface area (Å²) in [5.74, 6) is -23.5. The third-order valence-electron chi connectivity index (χ3n) is 9.92. The van der Waals surface area contributed by atoms with Crippen molar-refractivity contribution in [2.24, 2.45) is 0 Å². The lowest BCUT2D eigenvalue weighted by Gasteiger charge is -2.11. The maximum atomic E-state index is 15.7. The second kappa shape index (κ2) is 13.0. The Morgan fingerprint density at radius 2 is 0.661 bits per heavy atom. The number of nitrogens with one attached hydrogen (secondary N) is 2. The minimum atomic E-state index is -2.42. The van der Waals surface area contributed by atoms with Crippen LogP contribution in [0.2, 0.25) is 0 Å². The van der Waals surface area contributed by atoms with E-state index in [0.29, 0.717) is 28.0 Å². The highest BCUT2D eigenvalue weighted by atomic mass is 19.2. The van der Waals surface area contributed by atoms with Crippen molar-refractivity contribution in [2.45, 2.75) is 11.8 Å². The normalized spacial score (nSPS) is 14.8. The summed E-state index contributed by atoms with van der Waals surface area (Å²) in [5.41, 5.74) is -2.77. The molecule has 2 N–H and O–H groups in total. The first kappa shape index (κ1) is 35.0. The van der Waals surface area contributed by atoms with Crippen LogP contribution >= 0.6 is 0 Å². The third kappa shape index (κ3) is 5.23. The molecule has 2 aliphatic heterocycles. The number of aromatic amines is 2. The van der Waals surface area contributed by atoms with Crippen molar-refractivity contribution in [3.63, 3.8) is 0 Å². The van der Waals surface area contributed by atoms with Crippen LogP contribution in [0.4, 0.5) is 43.9 Å². The summed E-state index contributed by atoms with van der Waals surface area (Å²) in [4.78, 5) is 15.3. The first-order chi connectivity index (χ1) is 26.9. The van der Waals surface area contributed by atoms with Crippen molar-refractivity contribution in [1.29, 1.82) is 0 Å². The smallest absolute Gasteiger partial charge is 0.200 e. The molecule has 3 aromatic heterocycles. The maximum Gasteiger partial charge on any atom is 0.200 e. The molecule has 0 saturated carbocycles. The summed E-state index contributed by atoms with van der Waals surface area (Å²) in [5, 5.41) is 0. The number of H-pyrrole nitrogens is 2. The average Bonchev–Trinajstić information content (AvgIpc) is 4.05. The summed E-state index contributed by atoms with van der Waals surface area (Å²) in [6.45, 7) is 0. The van der Waals surface area contributed by atoms with Crippen LogP contribution in [-0.4, -0.2) is 19.9 Å². The standard InChI is InChI=1S/C42H20F10N4/c43-33-31(34(44)38(48)41(51)37(33)47)29-23-13-11-21(54-23)27(17-5-1-2-6-17)19-9-10-20(53-19)28(18-7-3-4-8-18)22-12-14-24(55-22)30(26-16-15-25(29)56-26)32-35(45)39(49)42(52)40(50)36(32)46/h1-18,54,56H. The lowest BCUT2D eigenvalue weighted by molar-refractivity contribution is 0.381. The predicted molar refractivity (Wildman–Crippen MR) is 191 cm³/mol. The van der Waals surface area contributed by atoms with E-state index in [1.54, 1.807) is 36.5 Å². The van der Waals surface area contributed by atoms with E-state index >= 15 is 17.6 Å². The minimum Gasteiger partial charge on any atom is -0.355 e. The SMILES string of the molecule is Fc1c(F)c(F)c(-c2c3nc(c(C4C=CC=C4)c4nc(c(C5C=CC=C5)c5ccc([nH]5)c(-c5c(F)c(F)c(F)c(F)c5F)c5ccc2[nH]5)C=C4)C=C3)c(F)c1F. The van der Waals surface area contributed by atoms with E-state index in [0.717, 1.165) is 12.1 Å². The zero-order chi connectivity index (χ0) is 39.2. The van der Waals surface area contributed by atoms with Gasteiger partial charge in [0, 0.05) is 56.2 Å². The van der Waals surface area contributed by atoms with Gasteiger partial charge in [0.2, 0.25) is 11.6 Å². The minimum absolute atomic E-state index is 0.182. The van der Waals surface area contributed by atoms with Gasteiger partial charge < -0.3 is 9.97 Å². The Bertz CT molecular complexity index is 2860. The molecule has 2 aliphatic carbocycles. The zero-order valence-electron chi connectivity index (χ0n) is 28.1. The van der Waals surface area contributed by atoms with Gasteiger partial charge in [-0.25, -0.2) is 53.9 Å². The van der Waals surface area contributed by atoms with Crippen molar-refractivity contribution in [2.75, 3.05) is 0 Å². The summed E-state index contributed by atoms with van der Waals surface area (Å²) < 4.78 is 151. The van der Waals surface area contributed by atoms with Crippen LogP contribution in [-0.2, 0) is 0 Å². The summed E-state index contributed by atoms with van der Waals surface area (Å²) in [6.07, 6.45) is 20.8. The lowest BCUT2D eigenvalue weighted by atomic mass is 9.97. The second-order valence-electron chi connectivity index (χ2n) is 13.1. The van der Waals surface area contributed by atoms with Gasteiger partial charge in [0.25, 0.3) is 0 Å². The molecule has 0 atom stereocenters. The van der Waals surface area contributed by atoms with Gasteiger partial charge in [-0.15, -0.1) is 0 Å². The Morgan fingerprint density at radius 3 is 1.14 bits per heavy atom. The Balaban J connectivity index is 1.52. The highest BCUT2D eigenvalue weighted by Crippen LogP contribution is 2.42. The van der Waals surface area contributed by atoms with Crippen LogP contribution in [0.1, 0.15) is 45.7 Å². The van der Waals surface area contributed by atoms with E-state index in [2.05, 4.69) is 15.0 Å². The van der Waals surface area contributed by atoms with Crippen molar-refractivity contribution >= 4 is 46.4 Å². The summed E-state index contributed by atoms with van der Waals surface area (Å²) >= 11 is 0. The molecule has 0 fully saturated rings. The van der Waals surface area contributed by atoms with Gasteiger partial charge in [-0.3, -0.25) is 0 Å². The van der Waals surface area contributed by atoms with Crippen LogP contribution in [0.3, 0.4) is 0 Å². The number of rotatable bonds is 4. The van der Waals surface area contributed by atoms with E-state index in [9.17, 15) is 26.3 Å². The topological polar surface area (TPSA) is 57.4 Å². The van der Waals surface area contributed by atoms with E-state index in [-0.39, 0.29) is 28.3 Å². The van der Waals surface area contributed by atoms with Crippen LogP contribution in [0.15, 0.2) is 72.9 Å². The highest BCUT2D eigenvalue weighted by Gasteiger charge is 2.32. The van der Waals surface area contributed by atoms with Gasteiger partial charge in [-0.05, 0) is 48.6 Å². The molecule has 8 bridgehead atoms. The van der Waals surface area contributed by atoms with Crippen molar-refractivity contribution in [3.8, 4) is 22.3 Å². The van der Waals surface area contributed by atoms with Crippen LogP contribution in [0.25, 0.3) is 68.6 Å². The van der Waals surface area contributed by atoms with Gasteiger partial charge >= 0.3 is 0 Å². The number of allylic oxidation sites excluding steroid dienone is 8. The van der Waals surface area contributed by atoms with Gasteiger partial charge in [0.1, 0.15) is 0 Å². The summed E-state index contributed by atoms with van der Waals surface area (Å²) in [7, 11) is 0. The van der Waals surface area contributed by atoms with Crippen LogP contribution in [0.5, 0.6) is 0 Å². The molecule has 5 aromatic rings. The van der Waals surface area contributed by atoms with Gasteiger partial charge in [-0.2, -0.15) is 0 Å². The first-order valence-electron chi connectivity index (χ1n) is 16.8. The fourth-order valence-electron chi connectivity index (χ4n) is 7.37. The van der Waals surface area contributed by atoms with Crippen molar-refractivity contribution in [3.05, 3.63) is 165 Å². The van der Waals surface area contributed by atoms with Gasteiger partial charge in [-0.1, -0.05) is 48.6 Å². The van der Waals surface area contributed by atoms with Crippen molar-refractivity contribution in [1.82, 2.24) is 19.9 Å². The molecule has 9 rings (SSSR count). The number of fused-ring (bicyclic) bond motifs is 8. The quantitative estimate of drug-likeness (QED) is 0.106. The Morgan fingerprint density at radius 1 is 0.339 bits per heavy atom. The lowest BCUT2D eigenvalue weighted by Crippen LogP contribution is -2.05. The molecule has 0 amide bonds. The number of aromatic nitrogens is 4. The number of hydrogen-bond donors (Lipinski definition) is 2. The van der Waals surface area contributed by atoms with Crippen LogP contribution in [0, 0.1) is 58.2 Å². The Kier molecular flexibility index (Phi) is 8.11. The number of hydrogen-bond acceptors (Lipinski definition) is 2. The van der Waals surface area contributed by atoms with E-state index < -0.39 is 91.9 Å². The molecule has 4 aliphatic rings. The van der Waals surface area contributed by atoms with Crippen LogP contribution < -0.4 is 0 Å². The fourth-order valence-corrected chi connectivity index (χ4v) is 7.37. The van der Waals surface area contributed by atoms with E-state index in [4.69, 9.17) is 4.98 Å². The monoisotopic (exact) mass is 770 g/mol.